The first-order chi connectivity index (χ1) is 6.27. The van der Waals surface area contributed by atoms with Crippen LogP contribution in [-0.2, 0) is 7.05 Å². The van der Waals surface area contributed by atoms with Crippen LogP contribution in [0.4, 0.5) is 0 Å². The van der Waals surface area contributed by atoms with Gasteiger partial charge in [0.1, 0.15) is 5.15 Å². The minimum Gasteiger partial charge on any atom is -0.351 e. The molecule has 0 saturated carbocycles. The van der Waals surface area contributed by atoms with Crippen molar-refractivity contribution in [3.63, 3.8) is 0 Å². The highest BCUT2D eigenvalue weighted by Gasteiger charge is 2.00. The fourth-order valence-corrected chi connectivity index (χ4v) is 1.40. The van der Waals surface area contributed by atoms with E-state index in [1.807, 2.05) is 36.0 Å². The molecule has 0 aliphatic heterocycles. The van der Waals surface area contributed by atoms with Crippen molar-refractivity contribution in [2.45, 2.75) is 0 Å². The van der Waals surface area contributed by atoms with Crippen LogP contribution in [-0.4, -0.2) is 9.55 Å². The molecule has 2 aromatic rings. The molecule has 0 fully saturated rings. The smallest absolute Gasteiger partial charge is 0.129 e. The molecule has 2 aromatic heterocycles. The number of pyridine rings is 1. The summed E-state index contributed by atoms with van der Waals surface area (Å²) in [5.41, 5.74) is 2.22. The molecule has 0 N–H and O–H groups in total. The van der Waals surface area contributed by atoms with E-state index in [9.17, 15) is 0 Å². The van der Waals surface area contributed by atoms with E-state index in [0.717, 1.165) is 11.3 Å². The Morgan fingerprint density at radius 3 is 2.69 bits per heavy atom. The molecule has 2 heterocycles. The van der Waals surface area contributed by atoms with Gasteiger partial charge in [-0.3, -0.25) is 0 Å². The van der Waals surface area contributed by atoms with Crippen LogP contribution in [0.5, 0.6) is 0 Å². The van der Waals surface area contributed by atoms with Gasteiger partial charge in [-0.1, -0.05) is 11.6 Å². The molecule has 0 saturated heterocycles. The summed E-state index contributed by atoms with van der Waals surface area (Å²) in [6.45, 7) is 0. The van der Waals surface area contributed by atoms with Gasteiger partial charge in [0.05, 0.1) is 0 Å². The van der Waals surface area contributed by atoms with Crippen molar-refractivity contribution in [2.75, 3.05) is 0 Å². The Kier molecular flexibility index (Phi) is 2.07. The maximum absolute atomic E-state index is 5.69. The summed E-state index contributed by atoms with van der Waals surface area (Å²) < 4.78 is 2.05. The summed E-state index contributed by atoms with van der Waals surface area (Å²) >= 11 is 5.69. The van der Waals surface area contributed by atoms with Crippen molar-refractivity contribution >= 4 is 11.6 Å². The number of hydrogen-bond acceptors (Lipinski definition) is 1. The molecule has 0 spiro atoms. The van der Waals surface area contributed by atoms with Crippen molar-refractivity contribution < 1.29 is 0 Å². The third-order valence-corrected chi connectivity index (χ3v) is 2.19. The second kappa shape index (κ2) is 3.23. The zero-order chi connectivity index (χ0) is 9.26. The van der Waals surface area contributed by atoms with Crippen molar-refractivity contribution in [3.05, 3.63) is 41.8 Å². The lowest BCUT2D eigenvalue weighted by atomic mass is 10.2. The van der Waals surface area contributed by atoms with Crippen molar-refractivity contribution in [1.29, 1.82) is 0 Å². The lowest BCUT2D eigenvalue weighted by Gasteiger charge is -2.01. The standard InChI is InChI=1S/C10H9ClN2/c1-13-6-2-3-9(13)8-4-5-10(11)12-7-8/h2-7H,1H3. The third kappa shape index (κ3) is 1.58. The van der Waals surface area contributed by atoms with Gasteiger partial charge in [0.15, 0.2) is 0 Å². The van der Waals surface area contributed by atoms with Crippen LogP contribution in [0.25, 0.3) is 11.3 Å². The molecule has 0 amide bonds. The first-order valence-corrected chi connectivity index (χ1v) is 4.38. The first kappa shape index (κ1) is 8.32. The highest BCUT2D eigenvalue weighted by Crippen LogP contribution is 2.19. The van der Waals surface area contributed by atoms with Gasteiger partial charge in [-0.15, -0.1) is 0 Å². The number of rotatable bonds is 1. The molecule has 0 radical (unpaired) electrons. The van der Waals surface area contributed by atoms with Gasteiger partial charge in [-0.2, -0.15) is 0 Å². The molecule has 2 rings (SSSR count). The Morgan fingerprint density at radius 1 is 1.31 bits per heavy atom. The molecular formula is C10H9ClN2. The van der Waals surface area contributed by atoms with E-state index in [4.69, 9.17) is 11.6 Å². The fraction of sp³-hybridized carbons (Fsp3) is 0.100. The normalized spacial score (nSPS) is 10.3. The number of aromatic nitrogens is 2. The molecule has 0 unspecified atom stereocenters. The van der Waals surface area contributed by atoms with Crippen LogP contribution in [0.2, 0.25) is 5.15 Å². The Hall–Kier alpha value is -1.28. The third-order valence-electron chi connectivity index (χ3n) is 1.97. The predicted octanol–water partition coefficient (Wildman–Crippen LogP) is 2.74. The monoisotopic (exact) mass is 192 g/mol. The van der Waals surface area contributed by atoms with Crippen LogP contribution in [0, 0.1) is 0 Å². The average Bonchev–Trinajstić information content (AvgIpc) is 2.53. The molecule has 0 aliphatic carbocycles. The molecule has 0 bridgehead atoms. The largest absolute Gasteiger partial charge is 0.351 e. The Labute approximate surface area is 81.8 Å². The van der Waals surface area contributed by atoms with Gasteiger partial charge in [-0.25, -0.2) is 4.98 Å². The maximum atomic E-state index is 5.69. The second-order valence-corrected chi connectivity index (χ2v) is 3.26. The lowest BCUT2D eigenvalue weighted by Crippen LogP contribution is -1.89. The van der Waals surface area contributed by atoms with E-state index in [-0.39, 0.29) is 0 Å². The van der Waals surface area contributed by atoms with Gasteiger partial charge in [0.2, 0.25) is 0 Å². The predicted molar refractivity (Wildman–Crippen MR) is 53.7 cm³/mol. The van der Waals surface area contributed by atoms with Gasteiger partial charge in [-0.05, 0) is 24.3 Å². The minimum absolute atomic E-state index is 0.526. The first-order valence-electron chi connectivity index (χ1n) is 4.00. The Bertz CT molecular complexity index is 403. The van der Waals surface area contributed by atoms with Crippen molar-refractivity contribution in [2.24, 2.45) is 7.05 Å². The van der Waals surface area contributed by atoms with Crippen LogP contribution in [0.1, 0.15) is 0 Å². The summed E-state index contributed by atoms with van der Waals surface area (Å²) in [7, 11) is 2.00. The summed E-state index contributed by atoms with van der Waals surface area (Å²) in [5.74, 6) is 0. The van der Waals surface area contributed by atoms with E-state index in [1.165, 1.54) is 0 Å². The number of nitrogens with zero attached hydrogens (tertiary/aromatic N) is 2. The SMILES string of the molecule is Cn1cccc1-c1ccc(Cl)nc1. The van der Waals surface area contributed by atoms with Crippen LogP contribution in [0.15, 0.2) is 36.7 Å². The van der Waals surface area contributed by atoms with Crippen LogP contribution < -0.4 is 0 Å². The summed E-state index contributed by atoms with van der Waals surface area (Å²) in [4.78, 5) is 4.03. The fourth-order valence-electron chi connectivity index (χ4n) is 1.29. The molecule has 3 heteroatoms. The van der Waals surface area contributed by atoms with E-state index >= 15 is 0 Å². The Morgan fingerprint density at radius 2 is 2.15 bits per heavy atom. The topological polar surface area (TPSA) is 17.8 Å². The second-order valence-electron chi connectivity index (χ2n) is 2.87. The van der Waals surface area contributed by atoms with E-state index in [0.29, 0.717) is 5.15 Å². The number of hydrogen-bond donors (Lipinski definition) is 0. The maximum Gasteiger partial charge on any atom is 0.129 e. The highest BCUT2D eigenvalue weighted by atomic mass is 35.5. The minimum atomic E-state index is 0.526. The van der Waals surface area contributed by atoms with Crippen LogP contribution >= 0.6 is 11.6 Å². The molecule has 2 nitrogen and oxygen atoms in total. The van der Waals surface area contributed by atoms with Crippen molar-refractivity contribution in [3.8, 4) is 11.3 Å². The molecular weight excluding hydrogens is 184 g/mol. The molecule has 66 valence electrons. The van der Waals surface area contributed by atoms with Crippen LogP contribution in [0.3, 0.4) is 0 Å². The molecule has 0 aromatic carbocycles. The number of halogens is 1. The van der Waals surface area contributed by atoms with Gasteiger partial charge < -0.3 is 4.57 Å². The lowest BCUT2D eigenvalue weighted by molar-refractivity contribution is 0.936. The zero-order valence-electron chi connectivity index (χ0n) is 7.24. The zero-order valence-corrected chi connectivity index (χ0v) is 7.99. The Balaban J connectivity index is 2.47. The summed E-state index contributed by atoms with van der Waals surface area (Å²) in [6, 6.07) is 7.81. The molecule has 0 atom stereocenters. The van der Waals surface area contributed by atoms with Gasteiger partial charge in [0, 0.05) is 30.7 Å². The summed E-state index contributed by atoms with van der Waals surface area (Å²) in [5, 5.41) is 0.526. The number of aryl methyl sites for hydroxylation is 1. The quantitative estimate of drug-likeness (QED) is 0.636. The van der Waals surface area contributed by atoms with E-state index in [1.54, 1.807) is 12.3 Å². The molecule has 13 heavy (non-hydrogen) atoms. The van der Waals surface area contributed by atoms with Crippen molar-refractivity contribution in [1.82, 2.24) is 9.55 Å². The molecule has 0 aliphatic rings. The highest BCUT2D eigenvalue weighted by molar-refractivity contribution is 6.29. The van der Waals surface area contributed by atoms with Gasteiger partial charge in [0.25, 0.3) is 0 Å². The van der Waals surface area contributed by atoms with E-state index < -0.39 is 0 Å². The average molecular weight is 193 g/mol. The van der Waals surface area contributed by atoms with Gasteiger partial charge >= 0.3 is 0 Å². The summed E-state index contributed by atoms with van der Waals surface area (Å²) in [6.07, 6.45) is 3.78. The van der Waals surface area contributed by atoms with E-state index in [2.05, 4.69) is 4.98 Å².